The molecule has 3 fully saturated rings. The lowest BCUT2D eigenvalue weighted by Gasteiger charge is -2.44. The van der Waals surface area contributed by atoms with Crippen molar-refractivity contribution >= 4 is 27.3 Å². The van der Waals surface area contributed by atoms with Crippen molar-refractivity contribution in [2.24, 2.45) is 5.92 Å². The van der Waals surface area contributed by atoms with E-state index < -0.39 is 0 Å². The van der Waals surface area contributed by atoms with Crippen molar-refractivity contribution in [2.45, 2.75) is 38.8 Å². The van der Waals surface area contributed by atoms with Gasteiger partial charge in [0.25, 0.3) is 5.91 Å². The van der Waals surface area contributed by atoms with Gasteiger partial charge >= 0.3 is 0 Å². The van der Waals surface area contributed by atoms with E-state index in [1.165, 1.54) is 25.9 Å². The fourth-order valence-corrected chi connectivity index (χ4v) is 4.74. The minimum atomic E-state index is 0.0256. The van der Waals surface area contributed by atoms with Crippen LogP contribution in [0.15, 0.2) is 23.6 Å². The number of carbonyl (C=O) groups is 1. The predicted molar refractivity (Wildman–Crippen MR) is 98.0 cm³/mol. The average Bonchev–Trinajstić information content (AvgIpc) is 3.04. The summed E-state index contributed by atoms with van der Waals surface area (Å²) in [6, 6.07) is 6.23. The second-order valence-electron chi connectivity index (χ2n) is 7.19. The zero-order valence-corrected chi connectivity index (χ0v) is 15.1. The molecule has 4 heterocycles. The first-order valence-electron chi connectivity index (χ1n) is 8.81. The summed E-state index contributed by atoms with van der Waals surface area (Å²) in [7, 11) is 0. The van der Waals surface area contributed by atoms with Crippen molar-refractivity contribution in [2.75, 3.05) is 19.6 Å². The molecule has 0 aliphatic carbocycles. The normalized spacial score (nSPS) is 26.0. The Hall–Kier alpha value is -1.59. The first kappa shape index (κ1) is 15.9. The number of piperidine rings is 3. The molecule has 1 aromatic carbocycles. The van der Waals surface area contributed by atoms with Crippen molar-refractivity contribution in [1.29, 1.82) is 0 Å². The largest absolute Gasteiger partial charge is 0.490 e. The molecule has 128 valence electrons. The minimum absolute atomic E-state index is 0.0256. The van der Waals surface area contributed by atoms with Crippen molar-refractivity contribution in [3.05, 3.63) is 29.1 Å². The molecule has 5 heteroatoms. The summed E-state index contributed by atoms with van der Waals surface area (Å²) in [5.41, 5.74) is 0.706. The molecule has 1 amide bonds. The number of fused-ring (bicyclic) bond motifs is 4. The topological polar surface area (TPSA) is 41.6 Å². The molecule has 2 bridgehead atoms. The molecule has 3 saturated heterocycles. The number of hydrogen-bond acceptors (Lipinski definition) is 4. The second-order valence-corrected chi connectivity index (χ2v) is 8.14. The number of hydrogen-bond donors (Lipinski definition) is 1. The highest BCUT2D eigenvalue weighted by Crippen LogP contribution is 2.33. The molecule has 1 N–H and O–H groups in total. The van der Waals surface area contributed by atoms with Gasteiger partial charge in [-0.1, -0.05) is 0 Å². The maximum Gasteiger partial charge on any atom is 0.251 e. The SMILES string of the molecule is CC(C)Oc1cc(C(=O)NC2CN3CCC2CC3)cc2sccc12. The number of nitrogens with zero attached hydrogens (tertiary/aromatic N) is 1. The number of benzene rings is 1. The average molecular weight is 344 g/mol. The monoisotopic (exact) mass is 344 g/mol. The van der Waals surface area contributed by atoms with Crippen molar-refractivity contribution in [3.8, 4) is 5.75 Å². The molecule has 3 aliphatic rings. The third-order valence-corrected chi connectivity index (χ3v) is 6.00. The number of rotatable bonds is 4. The van der Waals surface area contributed by atoms with Gasteiger partial charge in [0.05, 0.1) is 6.10 Å². The molecule has 0 radical (unpaired) electrons. The third kappa shape index (κ3) is 3.03. The highest BCUT2D eigenvalue weighted by molar-refractivity contribution is 7.17. The summed E-state index contributed by atoms with van der Waals surface area (Å²) in [6.07, 6.45) is 2.50. The Morgan fingerprint density at radius 2 is 2.12 bits per heavy atom. The van der Waals surface area contributed by atoms with Crippen molar-refractivity contribution < 1.29 is 9.53 Å². The van der Waals surface area contributed by atoms with E-state index in [1.54, 1.807) is 11.3 Å². The molecule has 4 nitrogen and oxygen atoms in total. The van der Waals surface area contributed by atoms with Crippen LogP contribution in [-0.4, -0.2) is 42.6 Å². The lowest BCUT2D eigenvalue weighted by atomic mass is 9.84. The summed E-state index contributed by atoms with van der Waals surface area (Å²) in [5, 5.41) is 6.41. The molecule has 2 aromatic rings. The molecule has 24 heavy (non-hydrogen) atoms. The maximum absolute atomic E-state index is 12.8. The summed E-state index contributed by atoms with van der Waals surface area (Å²) in [5.74, 6) is 1.47. The standard InChI is InChI=1S/C19H24N2O2S/c1-12(2)23-17-9-14(10-18-15(17)5-8-24-18)19(22)20-16-11-21-6-3-13(16)4-7-21/h5,8-10,12-13,16H,3-4,6-7,11H2,1-2H3,(H,20,22). The Kier molecular flexibility index (Phi) is 4.22. The van der Waals surface area contributed by atoms with Gasteiger partial charge in [-0.05, 0) is 69.3 Å². The highest BCUT2D eigenvalue weighted by atomic mass is 32.1. The van der Waals surface area contributed by atoms with Crippen LogP contribution in [0.25, 0.3) is 10.1 Å². The fraction of sp³-hybridized carbons (Fsp3) is 0.526. The number of thiophene rings is 1. The van der Waals surface area contributed by atoms with Gasteiger partial charge in [-0.15, -0.1) is 11.3 Å². The molecule has 1 atom stereocenters. The van der Waals surface area contributed by atoms with E-state index in [0.717, 1.165) is 22.4 Å². The predicted octanol–water partition coefficient (Wildman–Crippen LogP) is 3.51. The Labute approximate surface area is 146 Å². The van der Waals surface area contributed by atoms with Gasteiger partial charge in [0.1, 0.15) is 5.75 Å². The van der Waals surface area contributed by atoms with Crippen LogP contribution in [0.4, 0.5) is 0 Å². The van der Waals surface area contributed by atoms with Gasteiger partial charge < -0.3 is 15.0 Å². The zero-order valence-electron chi connectivity index (χ0n) is 14.2. The quantitative estimate of drug-likeness (QED) is 0.923. The Balaban J connectivity index is 1.57. The smallest absolute Gasteiger partial charge is 0.251 e. The van der Waals surface area contributed by atoms with Crippen LogP contribution < -0.4 is 10.1 Å². The number of carbonyl (C=O) groups excluding carboxylic acids is 1. The Bertz CT molecular complexity index is 747. The second kappa shape index (κ2) is 6.37. The Morgan fingerprint density at radius 3 is 2.79 bits per heavy atom. The molecule has 0 saturated carbocycles. The summed E-state index contributed by atoms with van der Waals surface area (Å²) in [6.45, 7) is 7.39. The number of nitrogens with one attached hydrogen (secondary N) is 1. The van der Waals surface area contributed by atoms with Crippen LogP contribution in [0.1, 0.15) is 37.0 Å². The molecular weight excluding hydrogens is 320 g/mol. The first-order valence-corrected chi connectivity index (χ1v) is 9.69. The number of amides is 1. The molecule has 5 rings (SSSR count). The summed E-state index contributed by atoms with van der Waals surface area (Å²) < 4.78 is 7.04. The first-order chi connectivity index (χ1) is 11.6. The number of ether oxygens (including phenoxy) is 1. The fourth-order valence-electron chi connectivity index (χ4n) is 3.90. The maximum atomic E-state index is 12.8. The van der Waals surface area contributed by atoms with Crippen LogP contribution in [0.5, 0.6) is 5.75 Å². The third-order valence-electron chi connectivity index (χ3n) is 5.13. The van der Waals surface area contributed by atoms with Gasteiger partial charge in [-0.3, -0.25) is 4.79 Å². The molecule has 1 unspecified atom stereocenters. The van der Waals surface area contributed by atoms with Crippen LogP contribution >= 0.6 is 11.3 Å². The molecule has 0 spiro atoms. The van der Waals surface area contributed by atoms with E-state index in [2.05, 4.69) is 16.3 Å². The van der Waals surface area contributed by atoms with E-state index in [4.69, 9.17) is 4.74 Å². The van der Waals surface area contributed by atoms with Gasteiger partial charge in [-0.2, -0.15) is 0 Å². The van der Waals surface area contributed by atoms with Crippen LogP contribution in [0, 0.1) is 5.92 Å². The van der Waals surface area contributed by atoms with Crippen LogP contribution in [0.3, 0.4) is 0 Å². The van der Waals surface area contributed by atoms with E-state index in [9.17, 15) is 4.79 Å². The molecular formula is C19H24N2O2S. The molecule has 3 aliphatic heterocycles. The van der Waals surface area contributed by atoms with Crippen molar-refractivity contribution in [1.82, 2.24) is 10.2 Å². The van der Waals surface area contributed by atoms with Gasteiger partial charge in [0.2, 0.25) is 0 Å². The highest BCUT2D eigenvalue weighted by Gasteiger charge is 2.35. The van der Waals surface area contributed by atoms with E-state index in [-0.39, 0.29) is 18.1 Å². The van der Waals surface area contributed by atoms with Gasteiger partial charge in [-0.25, -0.2) is 0 Å². The summed E-state index contributed by atoms with van der Waals surface area (Å²) in [4.78, 5) is 15.3. The van der Waals surface area contributed by atoms with Gasteiger partial charge in [0.15, 0.2) is 0 Å². The minimum Gasteiger partial charge on any atom is -0.490 e. The van der Waals surface area contributed by atoms with Gasteiger partial charge in [0, 0.05) is 28.2 Å². The van der Waals surface area contributed by atoms with E-state index in [0.29, 0.717) is 11.5 Å². The van der Waals surface area contributed by atoms with Crippen LogP contribution in [0.2, 0.25) is 0 Å². The van der Waals surface area contributed by atoms with Crippen LogP contribution in [-0.2, 0) is 0 Å². The van der Waals surface area contributed by atoms with Crippen molar-refractivity contribution in [3.63, 3.8) is 0 Å². The molecule has 1 aromatic heterocycles. The van der Waals surface area contributed by atoms with E-state index >= 15 is 0 Å². The lowest BCUT2D eigenvalue weighted by Crippen LogP contribution is -2.57. The Morgan fingerprint density at radius 1 is 1.33 bits per heavy atom. The lowest BCUT2D eigenvalue weighted by molar-refractivity contribution is 0.0620. The zero-order chi connectivity index (χ0) is 16.7. The summed E-state index contributed by atoms with van der Waals surface area (Å²) >= 11 is 1.65. The van der Waals surface area contributed by atoms with E-state index in [1.807, 2.05) is 31.4 Å².